The Kier molecular flexibility index (Phi) is 9.50. The minimum atomic E-state index is 0. The maximum absolute atomic E-state index is 4.43. The fourth-order valence-electron chi connectivity index (χ4n) is 3.09. The van der Waals surface area contributed by atoms with Crippen molar-refractivity contribution >= 4 is 21.8 Å². The van der Waals surface area contributed by atoms with Gasteiger partial charge in [-0.15, -0.1) is 54.4 Å². The van der Waals surface area contributed by atoms with Gasteiger partial charge in [-0.2, -0.15) is 6.08 Å². The van der Waals surface area contributed by atoms with Crippen LogP contribution in [0.2, 0.25) is 0 Å². The van der Waals surface area contributed by atoms with E-state index in [2.05, 4.69) is 78.0 Å². The first-order chi connectivity index (χ1) is 12.2. The van der Waals surface area contributed by atoms with Crippen LogP contribution in [-0.4, -0.2) is 9.55 Å². The van der Waals surface area contributed by atoms with Gasteiger partial charge in [0, 0.05) is 0 Å². The van der Waals surface area contributed by atoms with Crippen molar-refractivity contribution < 1.29 is 51.0 Å². The van der Waals surface area contributed by atoms with Crippen LogP contribution in [0, 0.1) is 6.08 Å². The topological polar surface area (TPSA) is 17.8 Å². The molecule has 0 amide bonds. The molecule has 3 aromatic carbocycles. The number of hydrogen-bond acceptors (Lipinski definition) is 1. The Labute approximate surface area is 197 Å². The van der Waals surface area contributed by atoms with E-state index in [1.54, 1.807) is 0 Å². The Bertz CT molecular complexity index is 1060. The van der Waals surface area contributed by atoms with Crippen LogP contribution in [0.5, 0.6) is 0 Å². The summed E-state index contributed by atoms with van der Waals surface area (Å²) in [5.74, 6) is 0. The number of allylic oxidation sites excluding steroid dienone is 4. The number of rotatable bonds is 1. The van der Waals surface area contributed by atoms with Gasteiger partial charge >= 0.3 is 26.2 Å². The molecule has 1 aliphatic carbocycles. The zero-order chi connectivity index (χ0) is 17.2. The van der Waals surface area contributed by atoms with Crippen LogP contribution in [0.4, 0.5) is 0 Å². The van der Waals surface area contributed by atoms with E-state index in [1.807, 2.05) is 24.5 Å². The quantitative estimate of drug-likeness (QED) is 0.346. The maximum Gasteiger partial charge on any atom is 4.00 e. The molecule has 4 aromatic rings. The number of hydrogen-bond donors (Lipinski definition) is 0. The van der Waals surface area contributed by atoms with Gasteiger partial charge in [0.05, 0.1) is 17.4 Å². The Morgan fingerprint density at radius 2 is 1.71 bits per heavy atom. The van der Waals surface area contributed by atoms with Crippen molar-refractivity contribution in [1.82, 2.24) is 9.55 Å². The number of para-hydroxylation sites is 2. The van der Waals surface area contributed by atoms with Gasteiger partial charge in [0.15, 0.2) is 0 Å². The first-order valence-electron chi connectivity index (χ1n) is 8.55. The van der Waals surface area contributed by atoms with Crippen LogP contribution >= 0.6 is 0 Å². The van der Waals surface area contributed by atoms with E-state index in [0.717, 1.165) is 17.5 Å². The molecule has 0 atom stereocenters. The van der Waals surface area contributed by atoms with E-state index in [0.29, 0.717) is 0 Å². The van der Waals surface area contributed by atoms with Gasteiger partial charge in [0.1, 0.15) is 0 Å². The van der Waals surface area contributed by atoms with E-state index in [4.69, 9.17) is 0 Å². The van der Waals surface area contributed by atoms with Gasteiger partial charge in [0.2, 0.25) is 0 Å². The molecule has 28 heavy (non-hydrogen) atoms. The molecule has 140 valence electrons. The molecule has 0 bridgehead atoms. The number of benzene rings is 2. The van der Waals surface area contributed by atoms with E-state index in [9.17, 15) is 0 Å². The second-order valence-corrected chi connectivity index (χ2v) is 6.34. The Balaban J connectivity index is 0.000000341. The third-order valence-corrected chi connectivity index (χ3v) is 4.70. The SMILES string of the molecule is CC1=[C-]CC=C1C.[Cl-].[Cl-].[Zr+4].c1ccc2[cH-]c(-n3cnc4ccccc43)cc2c1. The van der Waals surface area contributed by atoms with Crippen molar-refractivity contribution in [2.45, 2.75) is 20.3 Å². The summed E-state index contributed by atoms with van der Waals surface area (Å²) in [6.45, 7) is 4.22. The predicted molar refractivity (Wildman–Crippen MR) is 105 cm³/mol. The van der Waals surface area contributed by atoms with Crippen LogP contribution in [0.1, 0.15) is 20.3 Å². The van der Waals surface area contributed by atoms with Gasteiger partial charge < -0.3 is 29.4 Å². The third kappa shape index (κ3) is 5.09. The molecule has 0 aliphatic heterocycles. The first-order valence-corrected chi connectivity index (χ1v) is 8.55. The molecule has 1 aliphatic rings. The predicted octanol–water partition coefficient (Wildman–Crippen LogP) is -0.0110. The van der Waals surface area contributed by atoms with Crippen molar-refractivity contribution in [2.24, 2.45) is 0 Å². The second kappa shape index (κ2) is 10.9. The molecule has 0 fully saturated rings. The molecule has 0 radical (unpaired) electrons. The largest absolute Gasteiger partial charge is 4.00 e. The summed E-state index contributed by atoms with van der Waals surface area (Å²) >= 11 is 0. The smallest absolute Gasteiger partial charge is 1.00 e. The molecule has 5 rings (SSSR count). The minimum Gasteiger partial charge on any atom is -1.00 e. The molecule has 5 heteroatoms. The molecule has 2 nitrogen and oxygen atoms in total. The molecule has 1 aromatic heterocycles. The number of fused-ring (bicyclic) bond motifs is 2. The fraction of sp³-hybridized carbons (Fsp3) is 0.130. The summed E-state index contributed by atoms with van der Waals surface area (Å²) in [5.41, 5.74) is 6.06. The number of nitrogens with zero attached hydrogens (tertiary/aromatic N) is 2. The fourth-order valence-corrected chi connectivity index (χ4v) is 3.09. The van der Waals surface area contributed by atoms with Crippen molar-refractivity contribution in [1.29, 1.82) is 0 Å². The molecule has 0 saturated carbocycles. The number of aromatic nitrogens is 2. The standard InChI is InChI=1S/C16H11N2.C7H9.2ClH.Zr/c1-2-6-13-10-14(9-12(13)5-1)18-11-17-15-7-3-4-8-16(15)18;1-6-4-3-5-7(6)2;;;/h1-11H;4H,3H2,1-2H3;2*1H;/q2*-1;;;+4/p-2. The van der Waals surface area contributed by atoms with Gasteiger partial charge in [0.25, 0.3) is 0 Å². The van der Waals surface area contributed by atoms with Crippen LogP contribution < -0.4 is 24.8 Å². The van der Waals surface area contributed by atoms with Crippen LogP contribution in [0.3, 0.4) is 0 Å². The first kappa shape index (κ1) is 24.5. The normalized spacial score (nSPS) is 12.1. The zero-order valence-electron chi connectivity index (χ0n) is 15.8. The summed E-state index contributed by atoms with van der Waals surface area (Å²) < 4.78 is 2.13. The summed E-state index contributed by atoms with van der Waals surface area (Å²) in [5, 5.41) is 2.54. The van der Waals surface area contributed by atoms with Crippen molar-refractivity contribution in [3.8, 4) is 5.69 Å². The molecule has 0 spiro atoms. The summed E-state index contributed by atoms with van der Waals surface area (Å²) in [6, 6.07) is 21.0. The molecule has 0 saturated heterocycles. The summed E-state index contributed by atoms with van der Waals surface area (Å²) in [7, 11) is 0. The summed E-state index contributed by atoms with van der Waals surface area (Å²) in [6.07, 6.45) is 8.30. The summed E-state index contributed by atoms with van der Waals surface area (Å²) in [4.78, 5) is 4.43. The van der Waals surface area contributed by atoms with Crippen molar-refractivity contribution in [3.05, 3.63) is 90.3 Å². The molecule has 0 N–H and O–H groups in total. The maximum atomic E-state index is 4.43. The van der Waals surface area contributed by atoms with Gasteiger partial charge in [-0.1, -0.05) is 25.1 Å². The van der Waals surface area contributed by atoms with E-state index >= 15 is 0 Å². The molecule has 0 unspecified atom stereocenters. The van der Waals surface area contributed by atoms with Crippen molar-refractivity contribution in [2.75, 3.05) is 0 Å². The average molecular weight is 487 g/mol. The van der Waals surface area contributed by atoms with E-state index < -0.39 is 0 Å². The van der Waals surface area contributed by atoms with E-state index in [-0.39, 0.29) is 51.0 Å². The van der Waals surface area contributed by atoms with Crippen LogP contribution in [0.15, 0.2) is 84.2 Å². The minimum absolute atomic E-state index is 0. The second-order valence-electron chi connectivity index (χ2n) is 6.34. The Hall–Kier alpha value is -1.54. The Morgan fingerprint density at radius 3 is 2.36 bits per heavy atom. The molecular weight excluding hydrogens is 466 g/mol. The molecular formula is C23H20Cl2N2Zr. The van der Waals surface area contributed by atoms with Gasteiger partial charge in [-0.3, -0.25) is 6.08 Å². The number of halogens is 2. The van der Waals surface area contributed by atoms with Gasteiger partial charge in [-0.25, -0.2) is 16.1 Å². The molecule has 1 heterocycles. The van der Waals surface area contributed by atoms with Crippen molar-refractivity contribution in [3.63, 3.8) is 0 Å². The Morgan fingerprint density at radius 1 is 1.00 bits per heavy atom. The van der Waals surface area contributed by atoms with Gasteiger partial charge in [-0.05, 0) is 17.8 Å². The van der Waals surface area contributed by atoms with E-state index in [1.165, 1.54) is 27.6 Å². The average Bonchev–Trinajstić information content (AvgIpc) is 3.34. The van der Waals surface area contributed by atoms with Crippen LogP contribution in [0.25, 0.3) is 27.5 Å². The number of imidazole rings is 1. The van der Waals surface area contributed by atoms with Crippen LogP contribution in [-0.2, 0) is 26.2 Å². The zero-order valence-corrected chi connectivity index (χ0v) is 19.8. The third-order valence-electron chi connectivity index (χ3n) is 4.70. The monoisotopic (exact) mass is 484 g/mol.